The number of thioether (sulfide) groups is 1. The monoisotopic (exact) mass is 410 g/mol. The van der Waals surface area contributed by atoms with Gasteiger partial charge in [-0.15, -0.1) is 10.2 Å². The van der Waals surface area contributed by atoms with Gasteiger partial charge in [-0.25, -0.2) is 4.68 Å². The maximum Gasteiger partial charge on any atom is 0.453 e. The number of anilines is 1. The summed E-state index contributed by atoms with van der Waals surface area (Å²) >= 11 is 6.50. The summed E-state index contributed by atoms with van der Waals surface area (Å²) in [7, 11) is 0. The largest absolute Gasteiger partial charge is 0.453 e. The summed E-state index contributed by atoms with van der Waals surface area (Å²) in [5.41, 5.74) is -0.301. The van der Waals surface area contributed by atoms with Gasteiger partial charge in [0.1, 0.15) is 0 Å². The summed E-state index contributed by atoms with van der Waals surface area (Å²) in [5.74, 6) is 3.21. The van der Waals surface area contributed by atoms with Crippen molar-refractivity contribution in [2.45, 2.75) is 23.5 Å². The molecule has 9 nitrogen and oxygen atoms in total. The normalized spacial score (nSPS) is 12.7. The average Bonchev–Trinajstić information content (AvgIpc) is 2.90. The second-order valence-corrected chi connectivity index (χ2v) is 6.56. The first kappa shape index (κ1) is 19.8. The molecule has 14 heteroatoms. The van der Waals surface area contributed by atoms with Gasteiger partial charge in [-0.05, 0) is 13.0 Å². The number of nitro groups is 1. The van der Waals surface area contributed by atoms with Crippen LogP contribution in [-0.4, -0.2) is 31.0 Å². The van der Waals surface area contributed by atoms with Crippen molar-refractivity contribution in [3.05, 3.63) is 39.2 Å². The first-order chi connectivity index (χ1) is 12.0. The van der Waals surface area contributed by atoms with E-state index in [4.69, 9.17) is 17.4 Å². The van der Waals surface area contributed by atoms with Crippen LogP contribution < -0.4 is 11.2 Å². The van der Waals surface area contributed by atoms with Crippen LogP contribution >= 0.6 is 23.4 Å². The van der Waals surface area contributed by atoms with Crippen LogP contribution in [0.15, 0.2) is 23.4 Å². The number of hydrogen-bond donors (Lipinski definition) is 2. The lowest BCUT2D eigenvalue weighted by molar-refractivity contribution is -0.384. The highest BCUT2D eigenvalue weighted by Crippen LogP contribution is 2.31. The van der Waals surface area contributed by atoms with E-state index >= 15 is 0 Å². The molecule has 0 saturated heterocycles. The Labute approximate surface area is 152 Å². The van der Waals surface area contributed by atoms with E-state index in [2.05, 4.69) is 15.5 Å². The Bertz CT molecular complexity index is 859. The molecule has 0 saturated carbocycles. The Hall–Kier alpha value is -2.54. The van der Waals surface area contributed by atoms with Gasteiger partial charge in [-0.1, -0.05) is 23.4 Å². The third kappa shape index (κ3) is 4.35. The van der Waals surface area contributed by atoms with Gasteiger partial charge in [0.25, 0.3) is 11.5 Å². The highest BCUT2D eigenvalue weighted by atomic mass is 35.5. The van der Waals surface area contributed by atoms with Crippen molar-refractivity contribution in [1.82, 2.24) is 14.9 Å². The summed E-state index contributed by atoms with van der Waals surface area (Å²) in [4.78, 5) is 22.3. The maximum absolute atomic E-state index is 12.6. The molecule has 0 aliphatic rings. The number of amides is 1. The lowest BCUT2D eigenvalue weighted by atomic mass is 10.2. The van der Waals surface area contributed by atoms with Crippen LogP contribution in [0.2, 0.25) is 5.02 Å². The molecule has 1 heterocycles. The number of carbonyl (C=O) groups excluding carboxylic acids is 1. The number of alkyl halides is 3. The number of halogens is 4. The maximum atomic E-state index is 12.6. The number of nitrogens with zero attached hydrogens (tertiary/aromatic N) is 4. The van der Waals surface area contributed by atoms with Gasteiger partial charge in [0.15, 0.2) is 0 Å². The quantitative estimate of drug-likeness (QED) is 0.335. The van der Waals surface area contributed by atoms with Gasteiger partial charge in [0.05, 0.1) is 20.9 Å². The van der Waals surface area contributed by atoms with Crippen LogP contribution in [0.5, 0.6) is 0 Å². The first-order valence-electron chi connectivity index (χ1n) is 6.70. The molecule has 0 fully saturated rings. The topological polar surface area (TPSA) is 129 Å². The van der Waals surface area contributed by atoms with E-state index < -0.39 is 28.1 Å². The highest BCUT2D eigenvalue weighted by Gasteiger charge is 2.38. The number of rotatable bonds is 5. The number of aromatic nitrogens is 3. The van der Waals surface area contributed by atoms with Crippen LogP contribution in [0.25, 0.3) is 0 Å². The molecular formula is C12H10ClF3N6O3S. The zero-order valence-electron chi connectivity index (χ0n) is 12.8. The summed E-state index contributed by atoms with van der Waals surface area (Å²) in [5, 5.41) is 18.2. The molecular weight excluding hydrogens is 401 g/mol. The molecule has 2 rings (SSSR count). The van der Waals surface area contributed by atoms with E-state index in [1.165, 1.54) is 13.0 Å². The summed E-state index contributed by atoms with van der Waals surface area (Å²) < 4.78 is 38.1. The van der Waals surface area contributed by atoms with Crippen LogP contribution in [0.1, 0.15) is 12.7 Å². The fourth-order valence-corrected chi connectivity index (χ4v) is 2.65. The number of non-ortho nitro benzene ring substituents is 1. The van der Waals surface area contributed by atoms with E-state index in [9.17, 15) is 28.1 Å². The van der Waals surface area contributed by atoms with Crippen LogP contribution in [0, 0.1) is 10.1 Å². The molecule has 0 bridgehead atoms. The molecule has 26 heavy (non-hydrogen) atoms. The molecule has 2 aromatic rings. The molecule has 0 aliphatic carbocycles. The molecule has 3 N–H and O–H groups in total. The van der Waals surface area contributed by atoms with Gasteiger partial charge in [-0.3, -0.25) is 14.9 Å². The molecule has 0 radical (unpaired) electrons. The number of benzene rings is 1. The Morgan fingerprint density at radius 3 is 2.65 bits per heavy atom. The zero-order valence-corrected chi connectivity index (χ0v) is 14.4. The fraction of sp³-hybridized carbons (Fsp3) is 0.250. The van der Waals surface area contributed by atoms with Crippen LogP contribution in [0.3, 0.4) is 0 Å². The molecule has 1 amide bonds. The van der Waals surface area contributed by atoms with E-state index in [0.717, 1.165) is 12.1 Å². The minimum Gasteiger partial charge on any atom is -0.335 e. The van der Waals surface area contributed by atoms with Crippen molar-refractivity contribution >= 4 is 40.6 Å². The molecule has 1 aromatic carbocycles. The first-order valence-corrected chi connectivity index (χ1v) is 7.95. The Balaban J connectivity index is 2.13. The van der Waals surface area contributed by atoms with E-state index in [1.54, 1.807) is 0 Å². The van der Waals surface area contributed by atoms with Gasteiger partial charge < -0.3 is 11.2 Å². The summed E-state index contributed by atoms with van der Waals surface area (Å²) in [6.45, 7) is 1.38. The second-order valence-electron chi connectivity index (χ2n) is 4.84. The number of nitrogens with one attached hydrogen (secondary N) is 1. The number of nitro benzene ring substituents is 1. The lowest BCUT2D eigenvalue weighted by Crippen LogP contribution is -2.25. The molecule has 140 valence electrons. The zero-order chi connectivity index (χ0) is 19.6. The molecule has 0 aliphatic heterocycles. The van der Waals surface area contributed by atoms with Crippen molar-refractivity contribution < 1.29 is 22.9 Å². The molecule has 1 aromatic heterocycles. The van der Waals surface area contributed by atoms with Crippen LogP contribution in [-0.2, 0) is 11.0 Å². The van der Waals surface area contributed by atoms with Crippen LogP contribution in [0.4, 0.5) is 24.5 Å². The molecule has 1 atom stereocenters. The van der Waals surface area contributed by atoms with Gasteiger partial charge in [-0.2, -0.15) is 13.2 Å². The van der Waals surface area contributed by atoms with E-state index in [-0.39, 0.29) is 26.2 Å². The molecule has 0 spiro atoms. The number of carbonyl (C=O) groups is 1. The van der Waals surface area contributed by atoms with E-state index in [1.807, 2.05) is 0 Å². The van der Waals surface area contributed by atoms with Gasteiger partial charge in [0.2, 0.25) is 11.1 Å². The minimum absolute atomic E-state index is 0.0106. The third-order valence-corrected chi connectivity index (χ3v) is 4.37. The number of hydrogen-bond acceptors (Lipinski definition) is 7. The van der Waals surface area contributed by atoms with E-state index in [0.29, 0.717) is 11.8 Å². The third-order valence-electron chi connectivity index (χ3n) is 2.99. The van der Waals surface area contributed by atoms with Crippen molar-refractivity contribution in [3.8, 4) is 0 Å². The summed E-state index contributed by atoms with van der Waals surface area (Å²) in [6.07, 6.45) is -4.79. The Kier molecular flexibility index (Phi) is 5.61. The van der Waals surface area contributed by atoms with Gasteiger partial charge >= 0.3 is 6.18 Å². The predicted octanol–water partition coefficient (Wildman–Crippen LogP) is 2.69. The fourth-order valence-electron chi connectivity index (χ4n) is 1.72. The van der Waals surface area contributed by atoms with Crippen molar-refractivity contribution in [2.75, 3.05) is 11.2 Å². The molecule has 1 unspecified atom stereocenters. The standard InChI is InChI=1S/C12H10ClF3N6O3S/c1-5(26-11-20-19-10(21(11)17)12(14,15)16)9(23)18-8-4-6(22(24)25)2-3-7(8)13/h2-5H,17H2,1H3,(H,18,23). The Morgan fingerprint density at radius 2 is 2.12 bits per heavy atom. The van der Waals surface area contributed by atoms with Crippen molar-refractivity contribution in [1.29, 1.82) is 0 Å². The van der Waals surface area contributed by atoms with Crippen molar-refractivity contribution in [3.63, 3.8) is 0 Å². The smallest absolute Gasteiger partial charge is 0.335 e. The average molecular weight is 411 g/mol. The minimum atomic E-state index is -4.79. The van der Waals surface area contributed by atoms with Gasteiger partial charge in [0, 0.05) is 12.1 Å². The second kappa shape index (κ2) is 7.37. The highest BCUT2D eigenvalue weighted by molar-refractivity contribution is 8.00. The number of nitrogens with two attached hydrogens (primary N) is 1. The summed E-state index contributed by atoms with van der Waals surface area (Å²) in [6, 6.07) is 3.45. The van der Waals surface area contributed by atoms with Crippen molar-refractivity contribution in [2.24, 2.45) is 0 Å². The SMILES string of the molecule is CC(Sc1nnc(C(F)(F)F)n1N)C(=O)Nc1cc([N+](=O)[O-])ccc1Cl. The predicted molar refractivity (Wildman–Crippen MR) is 87.2 cm³/mol. The Morgan fingerprint density at radius 1 is 1.46 bits per heavy atom. The lowest BCUT2D eigenvalue weighted by Gasteiger charge is -2.12. The number of nitrogen functional groups attached to an aromatic ring is 1.